The number of hydrogen-bond acceptors (Lipinski definition) is 4. The van der Waals surface area contributed by atoms with Crippen LogP contribution in [0.15, 0.2) is 59.2 Å². The molecule has 1 aromatic heterocycles. The number of nitrogens with zero attached hydrogens (tertiary/aromatic N) is 1. The molecule has 3 heterocycles. The van der Waals surface area contributed by atoms with Gasteiger partial charge in [0.2, 0.25) is 0 Å². The zero-order chi connectivity index (χ0) is 22.2. The molecule has 3 aromatic rings. The van der Waals surface area contributed by atoms with Crippen molar-refractivity contribution in [1.29, 1.82) is 0 Å². The molecule has 2 amide bonds. The van der Waals surface area contributed by atoms with E-state index in [0.29, 0.717) is 28.1 Å². The van der Waals surface area contributed by atoms with Gasteiger partial charge >= 0.3 is 0 Å². The van der Waals surface area contributed by atoms with Crippen molar-refractivity contribution in [3.63, 3.8) is 0 Å². The van der Waals surface area contributed by atoms with Crippen LogP contribution in [0, 0.1) is 5.82 Å². The summed E-state index contributed by atoms with van der Waals surface area (Å²) in [6.07, 6.45) is 5.25. The second-order valence-corrected chi connectivity index (χ2v) is 8.13. The number of halogens is 1. The van der Waals surface area contributed by atoms with Crippen LogP contribution in [0.4, 0.5) is 10.1 Å². The second-order valence-electron chi connectivity index (χ2n) is 8.13. The van der Waals surface area contributed by atoms with Crippen LogP contribution < -0.4 is 10.6 Å². The van der Waals surface area contributed by atoms with Crippen LogP contribution in [-0.4, -0.2) is 36.5 Å². The summed E-state index contributed by atoms with van der Waals surface area (Å²) in [5.41, 5.74) is 3.60. The van der Waals surface area contributed by atoms with Gasteiger partial charge in [0.05, 0.1) is 18.0 Å². The van der Waals surface area contributed by atoms with Gasteiger partial charge in [-0.15, -0.1) is 0 Å². The molecule has 2 N–H and O–H groups in total. The molecule has 32 heavy (non-hydrogen) atoms. The normalized spacial score (nSPS) is 19.2. The molecule has 2 aliphatic heterocycles. The fourth-order valence-corrected chi connectivity index (χ4v) is 4.19. The third-order valence-corrected chi connectivity index (χ3v) is 5.95. The van der Waals surface area contributed by atoms with Gasteiger partial charge in [0.1, 0.15) is 11.6 Å². The minimum Gasteiger partial charge on any atom is -0.464 e. The number of likely N-dealkylation sites (tertiary alicyclic amines) is 1. The number of furan rings is 1. The van der Waals surface area contributed by atoms with Gasteiger partial charge in [0.25, 0.3) is 11.8 Å². The van der Waals surface area contributed by atoms with Crippen molar-refractivity contribution in [1.82, 2.24) is 10.2 Å². The summed E-state index contributed by atoms with van der Waals surface area (Å²) in [6.45, 7) is 0.980. The monoisotopic (exact) mass is 431 g/mol. The highest BCUT2D eigenvalue weighted by Gasteiger charge is 2.25. The number of benzene rings is 2. The van der Waals surface area contributed by atoms with E-state index in [0.717, 1.165) is 30.5 Å². The lowest BCUT2D eigenvalue weighted by Crippen LogP contribution is -2.42. The fourth-order valence-electron chi connectivity index (χ4n) is 4.19. The first-order chi connectivity index (χ1) is 15.5. The van der Waals surface area contributed by atoms with Gasteiger partial charge in [-0.25, -0.2) is 4.39 Å². The number of fused-ring (bicyclic) bond motifs is 1. The summed E-state index contributed by atoms with van der Waals surface area (Å²) in [6, 6.07) is 13.3. The predicted octanol–water partition coefficient (Wildman–Crippen LogP) is 4.36. The minimum atomic E-state index is -0.412. The van der Waals surface area contributed by atoms with Crippen LogP contribution >= 0.6 is 0 Å². The number of carbonyl (C=O) groups excluding carboxylic acids is 2. The van der Waals surface area contributed by atoms with E-state index in [1.807, 2.05) is 25.2 Å². The molecule has 0 aliphatic carbocycles. The molecule has 6 nitrogen and oxygen atoms in total. The molecule has 1 unspecified atom stereocenters. The van der Waals surface area contributed by atoms with Crippen molar-refractivity contribution in [2.24, 2.45) is 0 Å². The second kappa shape index (κ2) is 8.09. The van der Waals surface area contributed by atoms with E-state index < -0.39 is 5.82 Å². The zero-order valence-corrected chi connectivity index (χ0v) is 17.5. The van der Waals surface area contributed by atoms with Crippen molar-refractivity contribution >= 4 is 29.2 Å². The highest BCUT2D eigenvalue weighted by molar-refractivity contribution is 6.34. The standard InChI is InChI=1S/C25H22FN3O3/c1-29-9-3-6-23(29)28-24(30)16-5-2-4-15(10-16)17-11-19(32-14-17)13-21-20-12-18(26)7-8-22(20)27-25(21)31/h2,4-5,7-8,10-14,23H,3,6,9H2,1H3,(H,27,31)(H,28,30). The van der Waals surface area contributed by atoms with Gasteiger partial charge in [-0.3, -0.25) is 14.5 Å². The van der Waals surface area contributed by atoms with Crippen LogP contribution in [0.1, 0.15) is 34.5 Å². The van der Waals surface area contributed by atoms with E-state index in [4.69, 9.17) is 4.42 Å². The lowest BCUT2D eigenvalue weighted by molar-refractivity contribution is -0.110. The Kier molecular flexibility index (Phi) is 5.11. The third-order valence-electron chi connectivity index (χ3n) is 5.95. The van der Waals surface area contributed by atoms with Crippen molar-refractivity contribution in [3.8, 4) is 11.1 Å². The third kappa shape index (κ3) is 3.83. The summed E-state index contributed by atoms with van der Waals surface area (Å²) < 4.78 is 19.3. The molecule has 1 fully saturated rings. The molecular weight excluding hydrogens is 409 g/mol. The average molecular weight is 431 g/mol. The van der Waals surface area contributed by atoms with Gasteiger partial charge in [0.15, 0.2) is 0 Å². The van der Waals surface area contributed by atoms with E-state index >= 15 is 0 Å². The van der Waals surface area contributed by atoms with Gasteiger partial charge < -0.3 is 15.1 Å². The van der Waals surface area contributed by atoms with Gasteiger partial charge in [-0.05, 0) is 74.5 Å². The first-order valence-electron chi connectivity index (χ1n) is 10.5. The maximum atomic E-state index is 13.7. The Labute approximate surface area is 184 Å². The Balaban J connectivity index is 1.38. The highest BCUT2D eigenvalue weighted by atomic mass is 19.1. The van der Waals surface area contributed by atoms with Gasteiger partial charge in [0, 0.05) is 22.4 Å². The molecule has 7 heteroatoms. The topological polar surface area (TPSA) is 74.6 Å². The maximum absolute atomic E-state index is 13.7. The summed E-state index contributed by atoms with van der Waals surface area (Å²) in [5.74, 6) is -0.369. The molecule has 2 aliphatic rings. The quantitative estimate of drug-likeness (QED) is 0.602. The van der Waals surface area contributed by atoms with E-state index in [9.17, 15) is 14.0 Å². The Morgan fingerprint density at radius 1 is 1.22 bits per heavy atom. The lowest BCUT2D eigenvalue weighted by atomic mass is 10.0. The number of carbonyl (C=O) groups is 2. The average Bonchev–Trinajstić information content (AvgIpc) is 3.49. The highest BCUT2D eigenvalue weighted by Crippen LogP contribution is 2.34. The molecule has 0 saturated carbocycles. The molecule has 2 aromatic carbocycles. The Bertz CT molecular complexity index is 1250. The first kappa shape index (κ1) is 20.2. The summed E-state index contributed by atoms with van der Waals surface area (Å²) >= 11 is 0. The minimum absolute atomic E-state index is 0.0589. The van der Waals surface area contributed by atoms with Crippen LogP contribution in [0.3, 0.4) is 0 Å². The Morgan fingerprint density at radius 3 is 2.91 bits per heavy atom. The molecule has 5 rings (SSSR count). The predicted molar refractivity (Wildman–Crippen MR) is 120 cm³/mol. The number of hydrogen-bond donors (Lipinski definition) is 2. The molecule has 0 radical (unpaired) electrons. The van der Waals surface area contributed by atoms with E-state index in [2.05, 4.69) is 15.5 Å². The smallest absolute Gasteiger partial charge is 0.256 e. The summed E-state index contributed by atoms with van der Waals surface area (Å²) in [7, 11) is 2.01. The summed E-state index contributed by atoms with van der Waals surface area (Å²) in [4.78, 5) is 27.2. The Morgan fingerprint density at radius 2 is 2.09 bits per heavy atom. The lowest BCUT2D eigenvalue weighted by Gasteiger charge is -2.20. The van der Waals surface area contributed by atoms with Crippen LogP contribution in [0.5, 0.6) is 0 Å². The Hall–Kier alpha value is -3.71. The van der Waals surface area contributed by atoms with Crippen LogP contribution in [0.25, 0.3) is 22.8 Å². The summed E-state index contributed by atoms with van der Waals surface area (Å²) in [5, 5.41) is 5.80. The SMILES string of the molecule is CN1CCCC1NC(=O)c1cccc(-c2coc(C=C3C(=O)Nc4ccc(F)cc43)c2)c1. The zero-order valence-electron chi connectivity index (χ0n) is 17.5. The molecule has 162 valence electrons. The van der Waals surface area contributed by atoms with E-state index in [-0.39, 0.29) is 18.0 Å². The first-order valence-corrected chi connectivity index (χ1v) is 10.5. The number of amides is 2. The van der Waals surface area contributed by atoms with E-state index in [1.54, 1.807) is 24.5 Å². The number of anilines is 1. The van der Waals surface area contributed by atoms with Crippen molar-refractivity contribution in [3.05, 3.63) is 77.5 Å². The van der Waals surface area contributed by atoms with Gasteiger partial charge in [-0.2, -0.15) is 0 Å². The molecule has 1 atom stereocenters. The van der Waals surface area contributed by atoms with Crippen molar-refractivity contribution in [2.45, 2.75) is 19.0 Å². The van der Waals surface area contributed by atoms with Crippen molar-refractivity contribution in [2.75, 3.05) is 18.9 Å². The maximum Gasteiger partial charge on any atom is 0.256 e. The number of nitrogens with one attached hydrogen (secondary N) is 2. The largest absolute Gasteiger partial charge is 0.464 e. The van der Waals surface area contributed by atoms with Crippen molar-refractivity contribution < 1.29 is 18.4 Å². The van der Waals surface area contributed by atoms with Gasteiger partial charge in [-0.1, -0.05) is 12.1 Å². The van der Waals surface area contributed by atoms with Crippen LogP contribution in [-0.2, 0) is 4.79 Å². The molecule has 0 bridgehead atoms. The molecular formula is C25H22FN3O3. The fraction of sp³-hybridized carbons (Fsp3) is 0.200. The van der Waals surface area contributed by atoms with Crippen LogP contribution in [0.2, 0.25) is 0 Å². The van der Waals surface area contributed by atoms with E-state index in [1.165, 1.54) is 18.2 Å². The molecule has 1 saturated heterocycles. The number of rotatable bonds is 4. The molecule has 0 spiro atoms.